The molecule has 0 fully saturated rings. The molecule has 2 aromatic heterocycles. The van der Waals surface area contributed by atoms with E-state index >= 15 is 0 Å². The highest BCUT2D eigenvalue weighted by Gasteiger charge is 2.39. The van der Waals surface area contributed by atoms with Crippen LogP contribution in [0.3, 0.4) is 0 Å². The van der Waals surface area contributed by atoms with Crippen LogP contribution < -0.4 is 5.32 Å². The lowest BCUT2D eigenvalue weighted by molar-refractivity contribution is -0.155. The van der Waals surface area contributed by atoms with Gasteiger partial charge in [-0.1, -0.05) is 24.3 Å². The number of aromatic nitrogens is 2. The highest BCUT2D eigenvalue weighted by molar-refractivity contribution is 5.81. The van der Waals surface area contributed by atoms with Gasteiger partial charge in [0.05, 0.1) is 5.52 Å². The molecule has 6 heteroatoms. The molecule has 0 aliphatic rings. The van der Waals surface area contributed by atoms with Crippen molar-refractivity contribution in [3.63, 3.8) is 0 Å². The molecular formula is C19H18F3N3. The molecule has 0 amide bonds. The van der Waals surface area contributed by atoms with E-state index in [1.165, 1.54) is 12.4 Å². The maximum Gasteiger partial charge on any atom is 0.404 e. The number of rotatable bonds is 6. The van der Waals surface area contributed by atoms with E-state index in [0.717, 1.165) is 16.5 Å². The summed E-state index contributed by atoms with van der Waals surface area (Å²) < 4.78 is 39.9. The molecular weight excluding hydrogens is 327 g/mol. The normalized spacial score (nSPS) is 13.1. The summed E-state index contributed by atoms with van der Waals surface area (Å²) in [4.78, 5) is 8.18. The van der Waals surface area contributed by atoms with Crippen molar-refractivity contribution in [1.29, 1.82) is 0 Å². The topological polar surface area (TPSA) is 37.8 Å². The second-order valence-corrected chi connectivity index (χ2v) is 5.85. The van der Waals surface area contributed by atoms with Crippen molar-refractivity contribution in [3.8, 4) is 0 Å². The van der Waals surface area contributed by atoms with Gasteiger partial charge >= 0.3 is 6.18 Å². The van der Waals surface area contributed by atoms with Crippen molar-refractivity contribution in [2.75, 3.05) is 6.54 Å². The number of fused-ring (bicyclic) bond motifs is 1. The van der Waals surface area contributed by atoms with Crippen LogP contribution in [-0.4, -0.2) is 28.7 Å². The van der Waals surface area contributed by atoms with E-state index in [0.29, 0.717) is 12.0 Å². The Kier molecular flexibility index (Phi) is 5.28. The van der Waals surface area contributed by atoms with Gasteiger partial charge in [-0.15, -0.1) is 0 Å². The minimum absolute atomic E-state index is 0.111. The largest absolute Gasteiger partial charge is 0.404 e. The van der Waals surface area contributed by atoms with E-state index in [2.05, 4.69) is 15.3 Å². The molecule has 3 rings (SSSR count). The Morgan fingerprint density at radius 2 is 1.72 bits per heavy atom. The first-order valence-corrected chi connectivity index (χ1v) is 8.05. The zero-order chi connectivity index (χ0) is 17.7. The van der Waals surface area contributed by atoms with Crippen LogP contribution in [-0.2, 0) is 12.8 Å². The first kappa shape index (κ1) is 17.4. The van der Waals surface area contributed by atoms with Crippen LogP contribution in [0.4, 0.5) is 13.2 Å². The van der Waals surface area contributed by atoms with E-state index in [1.807, 2.05) is 30.3 Å². The van der Waals surface area contributed by atoms with Crippen molar-refractivity contribution < 1.29 is 13.2 Å². The Labute approximate surface area is 143 Å². The standard InChI is InChI=1S/C19H18F3N3/c20-19(21,22)17(13-14-6-10-23-11-7-14)24-12-8-16-4-1-3-15-5-2-9-25-18(15)16/h1-7,9-11,17,24H,8,12-13H2. The van der Waals surface area contributed by atoms with Gasteiger partial charge in [0.2, 0.25) is 0 Å². The number of nitrogens with one attached hydrogen (secondary N) is 1. The third-order valence-corrected chi connectivity index (χ3v) is 4.09. The van der Waals surface area contributed by atoms with Crippen LogP contribution in [0.1, 0.15) is 11.1 Å². The third kappa shape index (κ3) is 4.54. The quantitative estimate of drug-likeness (QED) is 0.735. The second-order valence-electron chi connectivity index (χ2n) is 5.85. The Morgan fingerprint density at radius 1 is 0.960 bits per heavy atom. The SMILES string of the molecule is FC(F)(F)C(Cc1ccncc1)NCCc1cccc2cccnc12. The fourth-order valence-corrected chi connectivity index (χ4v) is 2.81. The molecule has 0 saturated carbocycles. The van der Waals surface area contributed by atoms with Crippen LogP contribution in [0.15, 0.2) is 61.1 Å². The molecule has 0 radical (unpaired) electrons. The fraction of sp³-hybridized carbons (Fsp3) is 0.263. The van der Waals surface area contributed by atoms with E-state index in [4.69, 9.17) is 0 Å². The Hall–Kier alpha value is -2.47. The Morgan fingerprint density at radius 3 is 2.48 bits per heavy atom. The van der Waals surface area contributed by atoms with Gasteiger partial charge < -0.3 is 5.32 Å². The molecule has 0 bridgehead atoms. The third-order valence-electron chi connectivity index (χ3n) is 4.09. The van der Waals surface area contributed by atoms with Crippen molar-refractivity contribution >= 4 is 10.9 Å². The summed E-state index contributed by atoms with van der Waals surface area (Å²) in [5.41, 5.74) is 2.39. The minimum Gasteiger partial charge on any atom is -0.306 e. The highest BCUT2D eigenvalue weighted by atomic mass is 19.4. The number of para-hydroxylation sites is 1. The van der Waals surface area contributed by atoms with Gasteiger partial charge in [0.1, 0.15) is 6.04 Å². The van der Waals surface area contributed by atoms with Gasteiger partial charge in [0.15, 0.2) is 0 Å². The monoisotopic (exact) mass is 345 g/mol. The highest BCUT2D eigenvalue weighted by Crippen LogP contribution is 2.23. The van der Waals surface area contributed by atoms with Crippen LogP contribution in [0, 0.1) is 0 Å². The van der Waals surface area contributed by atoms with Crippen molar-refractivity contribution in [2.45, 2.75) is 25.1 Å². The Balaban J connectivity index is 1.67. The molecule has 2 heterocycles. The van der Waals surface area contributed by atoms with Gasteiger partial charge in [-0.05, 0) is 48.7 Å². The summed E-state index contributed by atoms with van der Waals surface area (Å²) in [5, 5.41) is 3.64. The smallest absolute Gasteiger partial charge is 0.306 e. The predicted octanol–water partition coefficient (Wildman–Crippen LogP) is 3.94. The summed E-state index contributed by atoms with van der Waals surface area (Å²) in [5.74, 6) is 0. The Bertz CT molecular complexity index is 814. The van der Waals surface area contributed by atoms with E-state index in [1.54, 1.807) is 18.3 Å². The lowest BCUT2D eigenvalue weighted by Gasteiger charge is -2.22. The number of nitrogens with zero attached hydrogens (tertiary/aromatic N) is 2. The van der Waals surface area contributed by atoms with Crippen LogP contribution in [0.5, 0.6) is 0 Å². The molecule has 1 N–H and O–H groups in total. The zero-order valence-corrected chi connectivity index (χ0v) is 13.5. The molecule has 1 aromatic carbocycles. The molecule has 1 atom stereocenters. The average molecular weight is 345 g/mol. The lowest BCUT2D eigenvalue weighted by atomic mass is 10.0. The van der Waals surface area contributed by atoms with Crippen molar-refractivity contribution in [3.05, 3.63) is 72.2 Å². The lowest BCUT2D eigenvalue weighted by Crippen LogP contribution is -2.44. The van der Waals surface area contributed by atoms with E-state index in [-0.39, 0.29) is 13.0 Å². The molecule has 0 saturated heterocycles. The molecule has 130 valence electrons. The molecule has 0 spiro atoms. The number of hydrogen-bond acceptors (Lipinski definition) is 3. The average Bonchev–Trinajstić information content (AvgIpc) is 2.61. The van der Waals surface area contributed by atoms with Crippen LogP contribution in [0.2, 0.25) is 0 Å². The maximum absolute atomic E-state index is 13.3. The van der Waals surface area contributed by atoms with Crippen molar-refractivity contribution in [1.82, 2.24) is 15.3 Å². The zero-order valence-electron chi connectivity index (χ0n) is 13.5. The number of pyridine rings is 2. The number of hydrogen-bond donors (Lipinski definition) is 1. The second kappa shape index (κ2) is 7.61. The summed E-state index contributed by atoms with van der Waals surface area (Å²) in [6, 6.07) is 11.2. The van der Waals surface area contributed by atoms with Gasteiger partial charge in [0.25, 0.3) is 0 Å². The first-order valence-electron chi connectivity index (χ1n) is 8.05. The summed E-state index contributed by atoms with van der Waals surface area (Å²) in [6.07, 6.45) is 0.771. The first-order chi connectivity index (χ1) is 12.0. The summed E-state index contributed by atoms with van der Waals surface area (Å²) in [7, 11) is 0. The van der Waals surface area contributed by atoms with E-state index < -0.39 is 12.2 Å². The molecule has 25 heavy (non-hydrogen) atoms. The van der Waals surface area contributed by atoms with Crippen LogP contribution >= 0.6 is 0 Å². The maximum atomic E-state index is 13.3. The summed E-state index contributed by atoms with van der Waals surface area (Å²) in [6.45, 7) is 0.227. The molecule has 1 unspecified atom stereocenters. The molecule has 3 nitrogen and oxygen atoms in total. The molecule has 0 aliphatic carbocycles. The fourth-order valence-electron chi connectivity index (χ4n) is 2.81. The van der Waals surface area contributed by atoms with Gasteiger partial charge in [-0.2, -0.15) is 13.2 Å². The van der Waals surface area contributed by atoms with Gasteiger partial charge in [-0.25, -0.2) is 0 Å². The number of alkyl halides is 3. The number of halogens is 3. The van der Waals surface area contributed by atoms with Crippen molar-refractivity contribution in [2.24, 2.45) is 0 Å². The van der Waals surface area contributed by atoms with E-state index in [9.17, 15) is 13.2 Å². The summed E-state index contributed by atoms with van der Waals surface area (Å²) >= 11 is 0. The molecule has 3 aromatic rings. The molecule has 0 aliphatic heterocycles. The van der Waals surface area contributed by atoms with Gasteiger partial charge in [0, 0.05) is 24.0 Å². The predicted molar refractivity (Wildman–Crippen MR) is 91.2 cm³/mol. The minimum atomic E-state index is -4.31. The number of benzene rings is 1. The van der Waals surface area contributed by atoms with Gasteiger partial charge in [-0.3, -0.25) is 9.97 Å². The van der Waals surface area contributed by atoms with Crippen LogP contribution in [0.25, 0.3) is 10.9 Å².